The molecule has 0 bridgehead atoms. The van der Waals surface area contributed by atoms with Crippen molar-refractivity contribution in [1.82, 2.24) is 10.2 Å². The summed E-state index contributed by atoms with van der Waals surface area (Å²) >= 11 is 0.480. The van der Waals surface area contributed by atoms with Crippen molar-refractivity contribution >= 4 is 35.0 Å². The maximum absolute atomic E-state index is 12.5. The fourth-order valence-corrected chi connectivity index (χ4v) is 3.49. The van der Waals surface area contributed by atoms with E-state index in [4.69, 9.17) is 0 Å². The minimum absolute atomic E-state index is 0.0350. The van der Waals surface area contributed by atoms with Gasteiger partial charge in [-0.1, -0.05) is 23.9 Å². The van der Waals surface area contributed by atoms with Gasteiger partial charge in [-0.2, -0.15) is 8.78 Å². The fourth-order valence-electron chi connectivity index (χ4n) is 2.99. The molecule has 0 saturated carbocycles. The van der Waals surface area contributed by atoms with E-state index < -0.39 is 5.76 Å². The van der Waals surface area contributed by atoms with Gasteiger partial charge in [0.25, 0.3) is 11.7 Å². The van der Waals surface area contributed by atoms with Crippen LogP contribution in [0.5, 0.6) is 0 Å². The zero-order valence-electron chi connectivity index (χ0n) is 15.2. The number of hydrogen-bond acceptors (Lipinski definition) is 4. The molecule has 28 heavy (non-hydrogen) atoms. The highest BCUT2D eigenvalue weighted by molar-refractivity contribution is 7.99. The van der Waals surface area contributed by atoms with Gasteiger partial charge in [-0.25, -0.2) is 0 Å². The summed E-state index contributed by atoms with van der Waals surface area (Å²) < 4.78 is 24.8. The molecule has 0 spiro atoms. The Bertz CT molecular complexity index is 824. The number of benzene rings is 2. The van der Waals surface area contributed by atoms with Crippen molar-refractivity contribution in [2.24, 2.45) is 0 Å². The molecule has 0 aliphatic carbocycles. The minimum atomic E-state index is -2.47. The zero-order chi connectivity index (χ0) is 19.9. The van der Waals surface area contributed by atoms with Gasteiger partial charge in [-0.3, -0.25) is 9.59 Å². The number of hydrogen-bond donors (Lipinski definition) is 2. The van der Waals surface area contributed by atoms with Crippen molar-refractivity contribution in [3.63, 3.8) is 0 Å². The second-order valence-electron chi connectivity index (χ2n) is 6.34. The van der Waals surface area contributed by atoms with Crippen molar-refractivity contribution in [3.05, 3.63) is 54.1 Å². The summed E-state index contributed by atoms with van der Waals surface area (Å²) in [5.41, 5.74) is 1.65. The average Bonchev–Trinajstić information content (AvgIpc) is 3.22. The number of halogens is 2. The topological polar surface area (TPSA) is 61.4 Å². The van der Waals surface area contributed by atoms with E-state index in [1.165, 1.54) is 0 Å². The smallest absolute Gasteiger partial charge is 0.288 e. The standard InChI is InChI=1S/C20H21F2N3O2S/c21-20(22)28-15-9-7-14(8-10-15)24-17-6-2-1-5-16(17)19(27)23-13-18(26)25-11-3-4-12-25/h1-2,5-10,20,24H,3-4,11-13H2,(H,23,27). The van der Waals surface area contributed by atoms with Gasteiger partial charge in [0.15, 0.2) is 0 Å². The number of alkyl halides is 2. The third kappa shape index (κ3) is 5.45. The predicted molar refractivity (Wildman–Crippen MR) is 106 cm³/mol. The quantitative estimate of drug-likeness (QED) is 0.681. The van der Waals surface area contributed by atoms with Gasteiger partial charge in [0, 0.05) is 23.7 Å². The first-order chi connectivity index (χ1) is 13.5. The van der Waals surface area contributed by atoms with E-state index in [1.54, 1.807) is 53.4 Å². The van der Waals surface area contributed by atoms with Crippen LogP contribution >= 0.6 is 11.8 Å². The lowest BCUT2D eigenvalue weighted by Gasteiger charge is -2.16. The Morgan fingerprint density at radius 1 is 1.04 bits per heavy atom. The number of para-hydroxylation sites is 1. The lowest BCUT2D eigenvalue weighted by molar-refractivity contribution is -0.129. The van der Waals surface area contributed by atoms with Crippen LogP contribution in [0.4, 0.5) is 20.2 Å². The van der Waals surface area contributed by atoms with Gasteiger partial charge in [-0.05, 0) is 49.2 Å². The van der Waals surface area contributed by atoms with E-state index in [-0.39, 0.29) is 18.4 Å². The van der Waals surface area contributed by atoms with Gasteiger partial charge >= 0.3 is 0 Å². The number of anilines is 2. The van der Waals surface area contributed by atoms with Crippen LogP contribution < -0.4 is 10.6 Å². The van der Waals surface area contributed by atoms with Crippen molar-refractivity contribution in [2.45, 2.75) is 23.5 Å². The largest absolute Gasteiger partial charge is 0.355 e. The van der Waals surface area contributed by atoms with E-state index in [0.29, 0.717) is 33.6 Å². The summed E-state index contributed by atoms with van der Waals surface area (Å²) in [7, 11) is 0. The molecule has 1 aliphatic heterocycles. The average molecular weight is 405 g/mol. The van der Waals surface area contributed by atoms with Gasteiger partial charge < -0.3 is 15.5 Å². The van der Waals surface area contributed by atoms with Gasteiger partial charge in [0.1, 0.15) is 0 Å². The molecule has 5 nitrogen and oxygen atoms in total. The summed E-state index contributed by atoms with van der Waals surface area (Å²) in [4.78, 5) is 26.9. The molecule has 148 valence electrons. The van der Waals surface area contributed by atoms with Crippen LogP contribution in [0.3, 0.4) is 0 Å². The molecule has 3 rings (SSSR count). The monoisotopic (exact) mass is 405 g/mol. The molecule has 0 atom stereocenters. The zero-order valence-corrected chi connectivity index (χ0v) is 16.0. The summed E-state index contributed by atoms with van der Waals surface area (Å²) in [6.07, 6.45) is 2.00. The summed E-state index contributed by atoms with van der Waals surface area (Å²) in [6.45, 7) is 1.45. The number of likely N-dealkylation sites (tertiary alicyclic amines) is 1. The van der Waals surface area contributed by atoms with Gasteiger partial charge in [0.2, 0.25) is 5.91 Å². The molecule has 0 unspecified atom stereocenters. The second-order valence-corrected chi connectivity index (χ2v) is 7.41. The Hall–Kier alpha value is -2.61. The number of rotatable bonds is 7. The highest BCUT2D eigenvalue weighted by Gasteiger charge is 2.19. The third-order valence-electron chi connectivity index (χ3n) is 4.39. The van der Waals surface area contributed by atoms with Crippen LogP contribution in [0, 0.1) is 0 Å². The second kappa shape index (κ2) is 9.54. The number of carbonyl (C=O) groups is 2. The fraction of sp³-hybridized carbons (Fsp3) is 0.300. The van der Waals surface area contributed by atoms with E-state index in [9.17, 15) is 18.4 Å². The first kappa shape index (κ1) is 20.1. The molecular formula is C20H21F2N3O2S. The highest BCUT2D eigenvalue weighted by Crippen LogP contribution is 2.27. The number of nitrogens with one attached hydrogen (secondary N) is 2. The first-order valence-electron chi connectivity index (χ1n) is 9.00. The Morgan fingerprint density at radius 2 is 1.71 bits per heavy atom. The molecule has 1 fully saturated rings. The summed E-state index contributed by atoms with van der Waals surface area (Å²) in [6, 6.07) is 13.5. The highest BCUT2D eigenvalue weighted by atomic mass is 32.2. The van der Waals surface area contributed by atoms with Gasteiger partial charge in [0.05, 0.1) is 17.8 Å². The van der Waals surface area contributed by atoms with Crippen LogP contribution in [-0.4, -0.2) is 42.1 Å². The number of thioether (sulfide) groups is 1. The SMILES string of the molecule is O=C(NCC(=O)N1CCCC1)c1ccccc1Nc1ccc(SC(F)F)cc1. The summed E-state index contributed by atoms with van der Waals surface area (Å²) in [5, 5.41) is 5.80. The van der Waals surface area contributed by atoms with Crippen LogP contribution in [0.25, 0.3) is 0 Å². The van der Waals surface area contributed by atoms with E-state index in [2.05, 4.69) is 10.6 Å². The summed E-state index contributed by atoms with van der Waals surface area (Å²) in [5.74, 6) is -2.89. The Balaban J connectivity index is 1.63. The Kier molecular flexibility index (Phi) is 6.86. The Morgan fingerprint density at radius 3 is 2.39 bits per heavy atom. The molecule has 8 heteroatoms. The van der Waals surface area contributed by atoms with E-state index in [1.807, 2.05) is 0 Å². The van der Waals surface area contributed by atoms with Crippen LogP contribution in [-0.2, 0) is 4.79 Å². The maximum atomic E-state index is 12.5. The van der Waals surface area contributed by atoms with Crippen LogP contribution in [0.2, 0.25) is 0 Å². The van der Waals surface area contributed by atoms with E-state index in [0.717, 1.165) is 25.9 Å². The molecular weight excluding hydrogens is 384 g/mol. The predicted octanol–water partition coefficient (Wildman–Crippen LogP) is 4.10. The molecule has 2 amide bonds. The molecule has 1 heterocycles. The number of carbonyl (C=O) groups excluding carboxylic acids is 2. The van der Waals surface area contributed by atoms with E-state index >= 15 is 0 Å². The Labute approximate surface area is 166 Å². The third-order valence-corrected chi connectivity index (χ3v) is 5.11. The number of nitrogens with zero attached hydrogens (tertiary/aromatic N) is 1. The van der Waals surface area contributed by atoms with Crippen molar-refractivity contribution < 1.29 is 18.4 Å². The first-order valence-corrected chi connectivity index (χ1v) is 9.88. The van der Waals surface area contributed by atoms with Crippen molar-refractivity contribution in [3.8, 4) is 0 Å². The molecule has 2 aromatic carbocycles. The molecule has 1 saturated heterocycles. The van der Waals surface area contributed by atoms with Gasteiger partial charge in [-0.15, -0.1) is 0 Å². The van der Waals surface area contributed by atoms with Crippen LogP contribution in [0.15, 0.2) is 53.4 Å². The lowest BCUT2D eigenvalue weighted by Crippen LogP contribution is -2.38. The molecule has 1 aliphatic rings. The van der Waals surface area contributed by atoms with Crippen molar-refractivity contribution in [1.29, 1.82) is 0 Å². The van der Waals surface area contributed by atoms with Crippen molar-refractivity contribution in [2.75, 3.05) is 25.0 Å². The molecule has 2 aromatic rings. The maximum Gasteiger partial charge on any atom is 0.288 e. The molecule has 2 N–H and O–H groups in total. The molecule has 0 aromatic heterocycles. The minimum Gasteiger partial charge on any atom is -0.355 e. The normalized spacial score (nSPS) is 13.6. The van der Waals surface area contributed by atoms with Crippen LogP contribution in [0.1, 0.15) is 23.2 Å². The number of amides is 2. The molecule has 0 radical (unpaired) electrons. The lowest BCUT2D eigenvalue weighted by atomic mass is 10.1.